The Morgan fingerprint density at radius 2 is 0.960 bits per heavy atom. The van der Waals surface area contributed by atoms with Gasteiger partial charge in [0.1, 0.15) is 5.75 Å². The molecule has 2 saturated carbocycles. The van der Waals surface area contributed by atoms with Crippen LogP contribution in [-0.2, 0) is 36.9 Å². The summed E-state index contributed by atoms with van der Waals surface area (Å²) in [7, 11) is 0. The zero-order valence-electron chi connectivity index (χ0n) is 45.1. The van der Waals surface area contributed by atoms with Crippen LogP contribution in [0.3, 0.4) is 0 Å². The number of rotatable bonds is 10. The van der Waals surface area contributed by atoms with Gasteiger partial charge in [0, 0.05) is 137 Å². The molecule has 6 aliphatic rings. The third-order valence-corrected chi connectivity index (χ3v) is 17.2. The fraction of sp³-hybridized carbons (Fsp3) is 0.524. The van der Waals surface area contributed by atoms with Gasteiger partial charge in [-0.25, -0.2) is 0 Å². The number of carbonyl (C=O) groups excluding carboxylic acids is 3. The minimum absolute atomic E-state index is 0.250. The van der Waals surface area contributed by atoms with E-state index in [9.17, 15) is 4.79 Å². The summed E-state index contributed by atoms with van der Waals surface area (Å²) in [6.07, 6.45) is 15.8. The summed E-state index contributed by atoms with van der Waals surface area (Å²) in [6.45, 7) is 23.3. The van der Waals surface area contributed by atoms with E-state index < -0.39 is 0 Å². The monoisotopic (exact) mass is 1020 g/mol. The van der Waals surface area contributed by atoms with Gasteiger partial charge in [0.15, 0.2) is 0 Å². The largest absolute Gasteiger partial charge is 0.429 e. The van der Waals surface area contributed by atoms with Crippen molar-refractivity contribution in [2.24, 2.45) is 0 Å². The minimum Gasteiger partial charge on any atom is -0.429 e. The number of aryl methyl sites for hydroxylation is 3. The van der Waals surface area contributed by atoms with Crippen LogP contribution in [0.5, 0.6) is 5.75 Å². The molecule has 0 unspecified atom stereocenters. The van der Waals surface area contributed by atoms with Crippen molar-refractivity contribution in [3.63, 3.8) is 0 Å². The van der Waals surface area contributed by atoms with Gasteiger partial charge in [-0.15, -0.1) is 0 Å². The summed E-state index contributed by atoms with van der Waals surface area (Å²) in [5.41, 5.74) is 18.3. The van der Waals surface area contributed by atoms with Crippen molar-refractivity contribution < 1.29 is 28.6 Å². The van der Waals surface area contributed by atoms with Crippen LogP contribution in [0.2, 0.25) is 0 Å². The lowest BCUT2D eigenvalue weighted by atomic mass is 9.81. The number of carbonyl (C=O) groups is 1. The Morgan fingerprint density at radius 3 is 1.45 bits per heavy atom. The van der Waals surface area contributed by atoms with Crippen molar-refractivity contribution in [3.8, 4) is 28.3 Å². The highest BCUT2D eigenvalue weighted by molar-refractivity contribution is 5.97. The van der Waals surface area contributed by atoms with E-state index in [1.165, 1.54) is 142 Å². The number of anilines is 2. The van der Waals surface area contributed by atoms with Crippen LogP contribution in [0.15, 0.2) is 72.8 Å². The van der Waals surface area contributed by atoms with Gasteiger partial charge in [-0.1, -0.05) is 74.9 Å². The summed E-state index contributed by atoms with van der Waals surface area (Å²) in [5, 5.41) is 2.83. The molecule has 4 aromatic carbocycles. The predicted molar refractivity (Wildman–Crippen MR) is 300 cm³/mol. The number of nitrogens with zero attached hydrogens (tertiary/aromatic N) is 6. The second-order valence-electron chi connectivity index (χ2n) is 22.1. The van der Waals surface area contributed by atoms with E-state index in [1.807, 2.05) is 6.07 Å². The van der Waals surface area contributed by atoms with Crippen molar-refractivity contribution >= 4 is 45.8 Å². The maximum absolute atomic E-state index is 11.1. The highest BCUT2D eigenvalue weighted by Crippen LogP contribution is 2.50. The first-order valence-electron chi connectivity index (χ1n) is 28.5. The molecule has 0 atom stereocenters. The Morgan fingerprint density at radius 1 is 0.507 bits per heavy atom. The number of ether oxygens (including phenoxy) is 3. The first-order valence-corrected chi connectivity index (χ1v) is 28.5. The fourth-order valence-electron chi connectivity index (χ4n) is 13.5. The third-order valence-electron chi connectivity index (χ3n) is 17.2. The van der Waals surface area contributed by atoms with Gasteiger partial charge in [0.25, 0.3) is 6.47 Å². The number of hydrogen-bond acceptors (Lipinski definition) is 10. The Kier molecular flexibility index (Phi) is 17.5. The van der Waals surface area contributed by atoms with Gasteiger partial charge in [0.2, 0.25) is 0 Å². The molecule has 2 aliphatic carbocycles. The minimum atomic E-state index is 0.250. The predicted octanol–water partition coefficient (Wildman–Crippen LogP) is 11.7. The van der Waals surface area contributed by atoms with Crippen LogP contribution in [0.1, 0.15) is 117 Å². The summed E-state index contributed by atoms with van der Waals surface area (Å²) in [6, 6.07) is 27.6. The van der Waals surface area contributed by atoms with E-state index in [0.29, 0.717) is 24.1 Å². The Hall–Kier alpha value is -5.75. The summed E-state index contributed by atoms with van der Waals surface area (Å²) in [5.74, 6) is 1.87. The van der Waals surface area contributed by atoms with E-state index in [2.05, 4.69) is 116 Å². The van der Waals surface area contributed by atoms with Crippen LogP contribution in [0.4, 0.5) is 11.4 Å². The molecule has 12 heteroatoms. The first-order chi connectivity index (χ1) is 36.8. The molecule has 0 amide bonds. The maximum Gasteiger partial charge on any atom is 0.373 e. The summed E-state index contributed by atoms with van der Waals surface area (Å²) >= 11 is 0. The van der Waals surface area contributed by atoms with Crippen molar-refractivity contribution in [2.45, 2.75) is 123 Å². The van der Waals surface area contributed by atoms with Crippen molar-refractivity contribution in [1.82, 2.24) is 18.9 Å². The van der Waals surface area contributed by atoms with Crippen molar-refractivity contribution in [2.75, 3.05) is 102 Å². The van der Waals surface area contributed by atoms with Crippen molar-refractivity contribution in [1.29, 1.82) is 0 Å². The van der Waals surface area contributed by atoms with Crippen LogP contribution in [0.25, 0.3) is 44.3 Å². The molecule has 0 spiro atoms. The van der Waals surface area contributed by atoms with Crippen LogP contribution in [0, 0.1) is 20.8 Å². The Balaban J connectivity index is 0.000000163. The molecule has 4 fully saturated rings. The summed E-state index contributed by atoms with van der Waals surface area (Å²) < 4.78 is 21.9. The molecule has 6 aromatic rings. The molecule has 0 N–H and O–H groups in total. The average Bonchev–Trinajstić information content (AvgIpc) is 3.66. The van der Waals surface area contributed by atoms with E-state index in [-0.39, 0.29) is 6.15 Å². The molecule has 0 bridgehead atoms. The van der Waals surface area contributed by atoms with Gasteiger partial charge in [-0.3, -0.25) is 14.6 Å². The van der Waals surface area contributed by atoms with Crippen LogP contribution >= 0.6 is 0 Å². The van der Waals surface area contributed by atoms with Crippen LogP contribution < -0.4 is 14.5 Å². The maximum atomic E-state index is 11.1. The average molecular weight is 1020 g/mol. The first kappa shape index (κ1) is 52.7. The Bertz CT molecular complexity index is 2920. The molecule has 2 saturated heterocycles. The lowest BCUT2D eigenvalue weighted by Gasteiger charge is -2.29. The standard InChI is InChI=1S/C31H39N3O3.C31H41N3O.CO2/c1-23-8-10-27-28(20-23)33(14-13-32-12-5-18-36-19-17-32)15-16-34-29-21-25(37-22-35)9-11-26(29)30(31(27)34)24-6-3-2-4-7-24;1-23-10-12-27-28(21-23)33(15-14-32-13-6-19-35-20-18-32)16-17-34-29-22-24(2)9-11-26(29)30(31(27)34)25-7-4-3-5-8-25;2-1-3/h8-11,20-22,24H,2-7,12-19H2,1H3;9-12,21-22,25H,3-8,13-20H2,1-2H3;. The molecule has 12 nitrogen and oxygen atoms in total. The van der Waals surface area contributed by atoms with Crippen LogP contribution in [-0.4, -0.2) is 123 Å². The number of aromatic nitrogens is 2. The molecule has 4 aliphatic heterocycles. The SMILES string of the molecule is Cc1ccc2c(c1)N(CCN1CCCOCC1)CCn1c-2c(C2CCCCC2)c2ccc(C)cc21.Cc1ccc2c(c1)N(CCN1CCCOCC1)CCn1c-2c(C2CCCCC2)c2ccc(OC=O)cc21.O=C=O. The van der Waals surface area contributed by atoms with E-state index in [4.69, 9.17) is 23.8 Å². The quantitative estimate of drug-likeness (QED) is 0.123. The summed E-state index contributed by atoms with van der Waals surface area (Å²) in [4.78, 5) is 37.8. The second-order valence-corrected chi connectivity index (χ2v) is 22.1. The lowest BCUT2D eigenvalue weighted by Crippen LogP contribution is -2.37. The van der Waals surface area contributed by atoms with E-state index >= 15 is 0 Å². The molecule has 6 heterocycles. The number of hydrogen-bond donors (Lipinski definition) is 0. The van der Waals surface area contributed by atoms with Gasteiger partial charge in [-0.2, -0.15) is 9.59 Å². The normalized spacial score (nSPS) is 18.9. The van der Waals surface area contributed by atoms with Gasteiger partial charge in [0.05, 0.1) is 30.1 Å². The van der Waals surface area contributed by atoms with Gasteiger partial charge < -0.3 is 33.1 Å². The fourth-order valence-corrected chi connectivity index (χ4v) is 13.5. The van der Waals surface area contributed by atoms with Crippen molar-refractivity contribution in [3.05, 3.63) is 101 Å². The lowest BCUT2D eigenvalue weighted by molar-refractivity contribution is -0.191. The van der Waals surface area contributed by atoms with E-state index in [1.54, 1.807) is 5.56 Å². The second kappa shape index (κ2) is 24.9. The highest BCUT2D eigenvalue weighted by atomic mass is 16.5. The molecular weight excluding hydrogens is 937 g/mol. The smallest absolute Gasteiger partial charge is 0.373 e. The molecule has 75 heavy (non-hydrogen) atoms. The molecule has 0 radical (unpaired) electrons. The van der Waals surface area contributed by atoms with E-state index in [0.717, 1.165) is 118 Å². The number of benzene rings is 4. The third kappa shape index (κ3) is 11.8. The molecular formula is C63H80N6O6. The molecule has 2 aromatic heterocycles. The topological polar surface area (TPSA) is 102 Å². The zero-order valence-corrected chi connectivity index (χ0v) is 45.1. The van der Waals surface area contributed by atoms with Gasteiger partial charge >= 0.3 is 6.15 Å². The highest BCUT2D eigenvalue weighted by Gasteiger charge is 2.33. The van der Waals surface area contributed by atoms with Gasteiger partial charge in [-0.05, 0) is 129 Å². The zero-order chi connectivity index (χ0) is 51.7. The molecule has 398 valence electrons. The molecule has 12 rings (SSSR count). The number of fused-ring (bicyclic) bond motifs is 10. The Labute approximate surface area is 444 Å².